The molecule has 1 aliphatic heterocycles. The van der Waals surface area contributed by atoms with Crippen LogP contribution in [0.5, 0.6) is 11.6 Å². The Morgan fingerprint density at radius 1 is 0.980 bits per heavy atom. The van der Waals surface area contributed by atoms with Crippen molar-refractivity contribution in [3.8, 4) is 22.9 Å². The van der Waals surface area contributed by atoms with E-state index in [1.54, 1.807) is 30.5 Å². The zero-order valence-corrected chi connectivity index (χ0v) is 26.9. The Balaban J connectivity index is 1.23. The lowest BCUT2D eigenvalue weighted by Crippen LogP contribution is -2.40. The molecule has 4 aromatic heterocycles. The van der Waals surface area contributed by atoms with Gasteiger partial charge in [-0.3, -0.25) is 14.4 Å². The number of carbonyl (C=O) groups is 1. The second-order valence-corrected chi connectivity index (χ2v) is 11.8. The average molecular weight is 674 g/mol. The zero-order chi connectivity index (χ0) is 34.1. The predicted octanol–water partition coefficient (Wildman–Crippen LogP) is 5.18. The number of ether oxygens (including phenoxy) is 2. The van der Waals surface area contributed by atoms with Crippen LogP contribution in [0.2, 0.25) is 0 Å². The molecule has 0 radical (unpaired) electrons. The van der Waals surface area contributed by atoms with Gasteiger partial charge in [-0.25, -0.2) is 15.0 Å². The van der Waals surface area contributed by atoms with E-state index in [0.717, 1.165) is 15.5 Å². The van der Waals surface area contributed by atoms with Crippen molar-refractivity contribution in [3.63, 3.8) is 0 Å². The van der Waals surface area contributed by atoms with Gasteiger partial charge in [0.25, 0.3) is 0 Å². The third-order valence-electron chi connectivity index (χ3n) is 8.86. The molecule has 1 saturated heterocycles. The van der Waals surface area contributed by atoms with Crippen LogP contribution in [0.4, 0.5) is 13.2 Å². The van der Waals surface area contributed by atoms with Crippen molar-refractivity contribution in [3.05, 3.63) is 84.8 Å². The summed E-state index contributed by atoms with van der Waals surface area (Å²) in [6.07, 6.45) is 0.994. The van der Waals surface area contributed by atoms with E-state index in [4.69, 9.17) is 14.5 Å². The fraction of sp³-hybridized carbons (Fsp3) is 0.324. The van der Waals surface area contributed by atoms with E-state index < -0.39 is 30.5 Å². The van der Waals surface area contributed by atoms with Crippen LogP contribution in [-0.2, 0) is 24.1 Å². The van der Waals surface area contributed by atoms with Gasteiger partial charge in [-0.05, 0) is 36.8 Å². The molecule has 0 bridgehead atoms. The smallest absolute Gasteiger partial charge is 0.449 e. The van der Waals surface area contributed by atoms with Crippen molar-refractivity contribution >= 4 is 27.8 Å². The van der Waals surface area contributed by atoms with Gasteiger partial charge in [0.15, 0.2) is 0 Å². The summed E-state index contributed by atoms with van der Waals surface area (Å²) in [6, 6.07) is 15.4. The number of alkyl halides is 3. The summed E-state index contributed by atoms with van der Waals surface area (Å²) in [4.78, 5) is 34.7. The number of halogens is 3. The Bertz CT molecular complexity index is 2090. The standard InChI is InChI=1S/C34H34F3N9O3/c1-48-23-8-9-26-29(19-23)46(33(42-26)34(35,36)37)21-30(47)45-17-15-43(14-16-44-12-5-11-39-44)13-10-28(45)31-38-20-27(40-31)24-18-22-6-3-4-7-25(22)41-32(24)49-2/h3-9,11-12,18-20,28H,10,13-17,21H2,1-2H3,(H,38,40). The first-order valence-electron chi connectivity index (χ1n) is 15.8. The lowest BCUT2D eigenvalue weighted by Gasteiger charge is -2.29. The van der Waals surface area contributed by atoms with Gasteiger partial charge in [-0.2, -0.15) is 18.3 Å². The molecule has 1 unspecified atom stereocenters. The summed E-state index contributed by atoms with van der Waals surface area (Å²) >= 11 is 0. The minimum atomic E-state index is -4.78. The molecule has 0 spiro atoms. The molecular formula is C34H34F3N9O3. The SMILES string of the molecule is COc1ccc2nc(C(F)(F)F)n(CC(=O)N3CCN(CCn4cccn4)CCC3c3ncc(-c4cc5ccccc5nc4OC)[nH]3)c2c1. The molecule has 6 aromatic rings. The van der Waals surface area contributed by atoms with Gasteiger partial charge in [0.05, 0.1) is 60.8 Å². The zero-order valence-electron chi connectivity index (χ0n) is 26.9. The molecule has 15 heteroatoms. The van der Waals surface area contributed by atoms with Crippen LogP contribution in [0.3, 0.4) is 0 Å². The highest BCUT2D eigenvalue weighted by atomic mass is 19.4. The normalized spacial score (nSPS) is 15.9. The first-order valence-corrected chi connectivity index (χ1v) is 15.8. The number of imidazole rings is 2. The highest BCUT2D eigenvalue weighted by Crippen LogP contribution is 2.35. The summed E-state index contributed by atoms with van der Waals surface area (Å²) in [5.41, 5.74) is 2.39. The topological polar surface area (TPSA) is 119 Å². The maximum atomic E-state index is 14.3. The van der Waals surface area contributed by atoms with Gasteiger partial charge < -0.3 is 23.9 Å². The van der Waals surface area contributed by atoms with Gasteiger partial charge in [-0.15, -0.1) is 0 Å². The Labute approximate surface area is 279 Å². The second kappa shape index (κ2) is 13.2. The number of rotatable bonds is 9. The minimum absolute atomic E-state index is 0.117. The van der Waals surface area contributed by atoms with Gasteiger partial charge in [-0.1, -0.05) is 18.2 Å². The lowest BCUT2D eigenvalue weighted by atomic mass is 10.1. The predicted molar refractivity (Wildman–Crippen MR) is 175 cm³/mol. The summed E-state index contributed by atoms with van der Waals surface area (Å²) in [5, 5.41) is 5.20. The Hall–Kier alpha value is -5.44. The van der Waals surface area contributed by atoms with Crippen molar-refractivity contribution in [2.75, 3.05) is 40.4 Å². The van der Waals surface area contributed by atoms with Crippen molar-refractivity contribution in [2.45, 2.75) is 31.7 Å². The van der Waals surface area contributed by atoms with Crippen molar-refractivity contribution < 1.29 is 27.4 Å². The third kappa shape index (κ3) is 6.53. The van der Waals surface area contributed by atoms with Crippen LogP contribution >= 0.6 is 0 Å². The number of fused-ring (bicyclic) bond motifs is 2. The largest absolute Gasteiger partial charge is 0.497 e. The molecule has 0 aliphatic carbocycles. The molecule has 5 heterocycles. The maximum Gasteiger partial charge on any atom is 0.449 e. The van der Waals surface area contributed by atoms with Crippen LogP contribution in [0.15, 0.2) is 73.2 Å². The fourth-order valence-corrected chi connectivity index (χ4v) is 6.38. The maximum absolute atomic E-state index is 14.3. The Morgan fingerprint density at radius 3 is 2.61 bits per heavy atom. The van der Waals surface area contributed by atoms with Gasteiger partial charge in [0, 0.05) is 50.0 Å². The van der Waals surface area contributed by atoms with Crippen LogP contribution in [0.1, 0.15) is 24.1 Å². The number of nitrogens with zero attached hydrogens (tertiary/aromatic N) is 8. The number of para-hydroxylation sites is 1. The van der Waals surface area contributed by atoms with E-state index in [1.165, 1.54) is 19.2 Å². The lowest BCUT2D eigenvalue weighted by molar-refractivity contribution is -0.148. The van der Waals surface area contributed by atoms with Gasteiger partial charge in [0.2, 0.25) is 17.6 Å². The summed E-state index contributed by atoms with van der Waals surface area (Å²) in [7, 11) is 2.98. The molecule has 1 amide bonds. The van der Waals surface area contributed by atoms with Gasteiger partial charge >= 0.3 is 6.18 Å². The first-order chi connectivity index (χ1) is 23.7. The van der Waals surface area contributed by atoms with Crippen molar-refractivity contribution in [1.82, 2.24) is 44.1 Å². The second-order valence-electron chi connectivity index (χ2n) is 11.8. The monoisotopic (exact) mass is 673 g/mol. The highest BCUT2D eigenvalue weighted by molar-refractivity contribution is 5.85. The number of carbonyl (C=O) groups excluding carboxylic acids is 1. The first kappa shape index (κ1) is 32.1. The number of nitrogens with one attached hydrogen (secondary N) is 1. The van der Waals surface area contributed by atoms with Crippen molar-refractivity contribution in [1.29, 1.82) is 0 Å². The molecular weight excluding hydrogens is 639 g/mol. The number of aromatic amines is 1. The van der Waals surface area contributed by atoms with Crippen LogP contribution in [-0.4, -0.2) is 90.4 Å². The Kier molecular flexibility index (Phi) is 8.67. The third-order valence-corrected chi connectivity index (χ3v) is 8.86. The molecule has 254 valence electrons. The summed E-state index contributed by atoms with van der Waals surface area (Å²) < 4.78 is 56.4. The molecule has 0 saturated carbocycles. The molecule has 7 rings (SSSR count). The molecule has 12 nitrogen and oxygen atoms in total. The molecule has 1 fully saturated rings. The number of benzene rings is 2. The van der Waals surface area contributed by atoms with E-state index in [9.17, 15) is 18.0 Å². The van der Waals surface area contributed by atoms with Crippen molar-refractivity contribution in [2.24, 2.45) is 0 Å². The molecule has 2 aromatic carbocycles. The minimum Gasteiger partial charge on any atom is -0.497 e. The number of methoxy groups -OCH3 is 2. The molecule has 1 N–H and O–H groups in total. The van der Waals surface area contributed by atoms with Crippen LogP contribution in [0, 0.1) is 0 Å². The van der Waals surface area contributed by atoms with E-state index in [2.05, 4.69) is 25.0 Å². The number of hydrogen-bond donors (Lipinski definition) is 1. The van der Waals surface area contributed by atoms with Crippen LogP contribution < -0.4 is 9.47 Å². The van der Waals surface area contributed by atoms with E-state index in [0.29, 0.717) is 61.3 Å². The molecule has 49 heavy (non-hydrogen) atoms. The number of amides is 1. The molecule has 1 atom stereocenters. The van der Waals surface area contributed by atoms with E-state index in [-0.39, 0.29) is 17.6 Å². The van der Waals surface area contributed by atoms with Crippen LogP contribution in [0.25, 0.3) is 33.2 Å². The molecule has 1 aliphatic rings. The average Bonchev–Trinajstić information content (AvgIpc) is 3.85. The number of aromatic nitrogens is 7. The van der Waals surface area contributed by atoms with E-state index >= 15 is 0 Å². The number of H-pyrrole nitrogens is 1. The Morgan fingerprint density at radius 2 is 1.84 bits per heavy atom. The van der Waals surface area contributed by atoms with E-state index in [1.807, 2.05) is 47.3 Å². The van der Waals surface area contributed by atoms with Gasteiger partial charge in [0.1, 0.15) is 18.1 Å². The quantitative estimate of drug-likeness (QED) is 0.223. The fourth-order valence-electron chi connectivity index (χ4n) is 6.38. The number of pyridine rings is 1. The highest BCUT2D eigenvalue weighted by Gasteiger charge is 2.39. The number of hydrogen-bond acceptors (Lipinski definition) is 8. The summed E-state index contributed by atoms with van der Waals surface area (Å²) in [6.45, 7) is 2.19. The summed E-state index contributed by atoms with van der Waals surface area (Å²) in [5.74, 6) is -0.353.